The van der Waals surface area contributed by atoms with Crippen molar-refractivity contribution in [2.45, 2.75) is 58.8 Å². The molecule has 36 heavy (non-hydrogen) atoms. The van der Waals surface area contributed by atoms with Crippen LogP contribution in [0.4, 0.5) is 0 Å². The maximum atomic E-state index is 14.4. The Hall–Kier alpha value is -2.54. The first kappa shape index (κ1) is 25.1. The van der Waals surface area contributed by atoms with Gasteiger partial charge >= 0.3 is 5.97 Å². The smallest absolute Gasteiger partial charge is 0.339 e. The summed E-state index contributed by atoms with van der Waals surface area (Å²) in [5.41, 5.74) is -1.89. The topological polar surface area (TPSA) is 104 Å². The van der Waals surface area contributed by atoms with Gasteiger partial charge in [0, 0.05) is 5.92 Å². The van der Waals surface area contributed by atoms with Crippen LogP contribution in [0.15, 0.2) is 59.7 Å². The SMILES string of the molecule is C/C=C(/C(=O)O[C@H]1C(C)=C[C@@]23C(=O)[C@@H](C=C(CO)[C@@H](O)[C@]12O)[C@H]1[C@@H](C[C@H]3C)C1(C)C)c1ccccc1. The molecule has 192 valence electrons. The fourth-order valence-electron chi connectivity index (χ4n) is 7.78. The highest BCUT2D eigenvalue weighted by Crippen LogP contribution is 2.71. The molecule has 0 amide bonds. The Labute approximate surface area is 212 Å². The summed E-state index contributed by atoms with van der Waals surface area (Å²) in [6, 6.07) is 9.09. The number of hydrogen-bond donors (Lipinski definition) is 3. The monoisotopic (exact) mass is 492 g/mol. The summed E-state index contributed by atoms with van der Waals surface area (Å²) >= 11 is 0. The van der Waals surface area contributed by atoms with E-state index in [1.807, 2.05) is 25.1 Å². The third-order valence-corrected chi connectivity index (χ3v) is 9.72. The summed E-state index contributed by atoms with van der Waals surface area (Å²) < 4.78 is 5.98. The molecule has 1 aromatic rings. The zero-order valence-corrected chi connectivity index (χ0v) is 21.6. The summed E-state index contributed by atoms with van der Waals surface area (Å²) in [5.74, 6) is -1.28. The zero-order valence-electron chi connectivity index (χ0n) is 21.6. The number of aliphatic hydroxyl groups is 3. The largest absolute Gasteiger partial charge is 0.451 e. The van der Waals surface area contributed by atoms with Crippen molar-refractivity contribution in [2.75, 3.05) is 6.61 Å². The van der Waals surface area contributed by atoms with E-state index in [2.05, 4.69) is 13.8 Å². The van der Waals surface area contributed by atoms with Gasteiger partial charge in [-0.25, -0.2) is 4.79 Å². The quantitative estimate of drug-likeness (QED) is 0.338. The molecule has 1 aromatic carbocycles. The maximum Gasteiger partial charge on any atom is 0.339 e. The van der Waals surface area contributed by atoms with Crippen molar-refractivity contribution in [2.24, 2.45) is 34.5 Å². The Morgan fingerprint density at radius 3 is 2.50 bits per heavy atom. The van der Waals surface area contributed by atoms with E-state index < -0.39 is 41.7 Å². The number of Topliss-reactive ketones (excluding diaryl/α,β-unsaturated/α-hetero) is 1. The molecule has 4 aliphatic carbocycles. The first-order valence-corrected chi connectivity index (χ1v) is 12.8. The number of carbonyl (C=O) groups is 2. The van der Waals surface area contributed by atoms with E-state index >= 15 is 0 Å². The lowest BCUT2D eigenvalue weighted by molar-refractivity contribution is -0.200. The Balaban J connectivity index is 1.61. The number of ether oxygens (including phenoxy) is 1. The Bertz CT molecular complexity index is 1190. The van der Waals surface area contributed by atoms with Crippen LogP contribution in [0, 0.1) is 34.5 Å². The van der Waals surface area contributed by atoms with E-state index in [-0.39, 0.29) is 28.6 Å². The van der Waals surface area contributed by atoms with Gasteiger partial charge in [0.05, 0.1) is 17.6 Å². The molecule has 0 aliphatic heterocycles. The van der Waals surface area contributed by atoms with Crippen molar-refractivity contribution >= 4 is 17.3 Å². The lowest BCUT2D eigenvalue weighted by atomic mass is 9.59. The molecular weight excluding hydrogens is 456 g/mol. The van der Waals surface area contributed by atoms with Crippen molar-refractivity contribution in [1.82, 2.24) is 0 Å². The normalized spacial score (nSPS) is 40.8. The molecule has 3 N–H and O–H groups in total. The summed E-state index contributed by atoms with van der Waals surface area (Å²) in [6.45, 7) is 9.23. The van der Waals surface area contributed by atoms with Crippen molar-refractivity contribution in [3.05, 3.63) is 65.3 Å². The van der Waals surface area contributed by atoms with Gasteiger partial charge in [-0.05, 0) is 60.1 Å². The highest BCUT2D eigenvalue weighted by atomic mass is 16.6. The van der Waals surface area contributed by atoms with Crippen LogP contribution >= 0.6 is 0 Å². The third-order valence-electron chi connectivity index (χ3n) is 9.72. The fourth-order valence-corrected chi connectivity index (χ4v) is 7.78. The molecule has 5 rings (SSSR count). The van der Waals surface area contributed by atoms with E-state index in [1.165, 1.54) is 0 Å². The average Bonchev–Trinajstić information content (AvgIpc) is 3.34. The average molecular weight is 493 g/mol. The van der Waals surface area contributed by atoms with E-state index in [0.29, 0.717) is 29.0 Å². The van der Waals surface area contributed by atoms with Crippen LogP contribution < -0.4 is 0 Å². The second-order valence-corrected chi connectivity index (χ2v) is 11.7. The van der Waals surface area contributed by atoms with Crippen molar-refractivity contribution in [3.8, 4) is 0 Å². The van der Waals surface area contributed by atoms with Crippen LogP contribution in [0.5, 0.6) is 0 Å². The van der Waals surface area contributed by atoms with Gasteiger partial charge in [0.15, 0.2) is 17.5 Å². The first-order valence-electron chi connectivity index (χ1n) is 12.8. The first-order chi connectivity index (χ1) is 17.0. The van der Waals surface area contributed by atoms with Crippen LogP contribution in [0.1, 0.15) is 46.6 Å². The Kier molecular flexibility index (Phi) is 5.75. The number of ketones is 1. The van der Waals surface area contributed by atoms with Gasteiger partial charge in [-0.3, -0.25) is 4.79 Å². The molecule has 8 atom stereocenters. The summed E-state index contributed by atoms with van der Waals surface area (Å²) in [6.07, 6.45) is 2.97. The summed E-state index contributed by atoms with van der Waals surface area (Å²) in [5, 5.41) is 34.3. The molecule has 0 heterocycles. The maximum absolute atomic E-state index is 14.4. The van der Waals surface area contributed by atoms with Gasteiger partial charge in [-0.1, -0.05) is 69.3 Å². The molecule has 6 nitrogen and oxygen atoms in total. The zero-order chi connectivity index (χ0) is 26.2. The van der Waals surface area contributed by atoms with Gasteiger partial charge in [0.2, 0.25) is 0 Å². The highest BCUT2D eigenvalue weighted by Gasteiger charge is 2.76. The predicted molar refractivity (Wildman–Crippen MR) is 135 cm³/mol. The molecule has 2 bridgehead atoms. The molecule has 0 radical (unpaired) electrons. The molecular formula is C30H36O6. The van der Waals surface area contributed by atoms with Gasteiger partial charge in [0.1, 0.15) is 6.10 Å². The minimum atomic E-state index is -2.14. The van der Waals surface area contributed by atoms with Gasteiger partial charge in [0.25, 0.3) is 0 Å². The van der Waals surface area contributed by atoms with E-state index in [9.17, 15) is 24.9 Å². The van der Waals surface area contributed by atoms with E-state index in [0.717, 1.165) is 0 Å². The number of fused-ring (bicyclic) bond motifs is 3. The molecule has 1 spiro atoms. The molecule has 0 saturated heterocycles. The molecule has 0 aromatic heterocycles. The van der Waals surface area contributed by atoms with Crippen LogP contribution in [0.25, 0.3) is 5.57 Å². The minimum Gasteiger partial charge on any atom is -0.451 e. The predicted octanol–water partition coefficient (Wildman–Crippen LogP) is 3.47. The summed E-state index contributed by atoms with van der Waals surface area (Å²) in [7, 11) is 0. The fraction of sp³-hybridized carbons (Fsp3) is 0.533. The molecule has 6 heteroatoms. The van der Waals surface area contributed by atoms with E-state index in [1.54, 1.807) is 44.2 Å². The van der Waals surface area contributed by atoms with Crippen molar-refractivity contribution in [3.63, 3.8) is 0 Å². The molecule has 2 saturated carbocycles. The highest BCUT2D eigenvalue weighted by molar-refractivity contribution is 6.16. The second kappa shape index (κ2) is 8.23. The Morgan fingerprint density at radius 1 is 1.22 bits per heavy atom. The van der Waals surface area contributed by atoms with Crippen LogP contribution in [-0.2, 0) is 14.3 Å². The van der Waals surface area contributed by atoms with E-state index in [4.69, 9.17) is 4.74 Å². The van der Waals surface area contributed by atoms with Gasteiger partial charge < -0.3 is 20.1 Å². The number of rotatable bonds is 4. The number of aliphatic hydroxyl groups excluding tert-OH is 2. The number of allylic oxidation sites excluding steroid dienone is 2. The number of benzene rings is 1. The molecule has 0 unspecified atom stereocenters. The number of carbonyl (C=O) groups excluding carboxylic acids is 2. The van der Waals surface area contributed by atoms with Crippen LogP contribution in [0.2, 0.25) is 0 Å². The lowest BCUT2D eigenvalue weighted by Crippen LogP contribution is -2.65. The van der Waals surface area contributed by atoms with Crippen molar-refractivity contribution in [1.29, 1.82) is 0 Å². The number of hydrogen-bond acceptors (Lipinski definition) is 6. The summed E-state index contributed by atoms with van der Waals surface area (Å²) in [4.78, 5) is 27.8. The van der Waals surface area contributed by atoms with Crippen molar-refractivity contribution < 1.29 is 29.6 Å². The Morgan fingerprint density at radius 2 is 1.89 bits per heavy atom. The van der Waals surface area contributed by atoms with Crippen LogP contribution in [-0.4, -0.2) is 51.5 Å². The minimum absolute atomic E-state index is 0.0413. The standard InChI is InChI=1S/C30H36O6/c1-6-20(18-10-8-7-9-11-18)27(34)36-26-16(2)14-29-17(3)12-22-23(28(22,4)5)21(25(29)33)13-19(15-31)24(32)30(26,29)35/h6-11,13-14,17,21-24,26,31-32,35H,12,15H2,1-5H3/b20-6+/t17-,21+,22-,23+,24-,26+,29-,30+/m1/s1. The molecule has 4 aliphatic rings. The molecule has 2 fully saturated rings. The van der Waals surface area contributed by atoms with Gasteiger partial charge in [-0.2, -0.15) is 0 Å². The lowest BCUT2D eigenvalue weighted by Gasteiger charge is -2.48. The van der Waals surface area contributed by atoms with Crippen LogP contribution in [0.3, 0.4) is 0 Å². The third kappa shape index (κ3) is 3.07. The number of esters is 1. The second-order valence-electron chi connectivity index (χ2n) is 11.7. The van der Waals surface area contributed by atoms with Gasteiger partial charge in [-0.15, -0.1) is 0 Å².